The molecule has 1 aromatic rings. The van der Waals surface area contributed by atoms with Crippen LogP contribution in [0, 0.1) is 5.92 Å². The summed E-state index contributed by atoms with van der Waals surface area (Å²) in [6.45, 7) is 0. The quantitative estimate of drug-likeness (QED) is 0.738. The molecule has 0 unspecified atom stereocenters. The molecule has 1 fully saturated rings. The van der Waals surface area contributed by atoms with E-state index in [2.05, 4.69) is 15.9 Å². The van der Waals surface area contributed by atoms with Gasteiger partial charge in [-0.3, -0.25) is 4.79 Å². The SMILES string of the molecule is O=C(CC1CC1)c1ccccc1Br. The number of ketones is 1. The van der Waals surface area contributed by atoms with Gasteiger partial charge in [0.2, 0.25) is 0 Å². The second kappa shape index (κ2) is 3.62. The van der Waals surface area contributed by atoms with Crippen LogP contribution in [0.1, 0.15) is 29.6 Å². The van der Waals surface area contributed by atoms with Crippen LogP contribution in [-0.2, 0) is 0 Å². The van der Waals surface area contributed by atoms with E-state index in [0.717, 1.165) is 16.5 Å². The van der Waals surface area contributed by atoms with Crippen LogP contribution in [0.25, 0.3) is 0 Å². The largest absolute Gasteiger partial charge is 0.294 e. The number of carbonyl (C=O) groups excluding carboxylic acids is 1. The molecule has 0 atom stereocenters. The molecule has 13 heavy (non-hydrogen) atoms. The van der Waals surface area contributed by atoms with Crippen LogP contribution in [0.3, 0.4) is 0 Å². The molecule has 0 radical (unpaired) electrons. The zero-order chi connectivity index (χ0) is 9.26. The van der Waals surface area contributed by atoms with Gasteiger partial charge in [-0.25, -0.2) is 0 Å². The summed E-state index contributed by atoms with van der Waals surface area (Å²) in [6.07, 6.45) is 3.19. The predicted octanol–water partition coefficient (Wildman–Crippen LogP) is 3.43. The summed E-state index contributed by atoms with van der Waals surface area (Å²) in [5.41, 5.74) is 0.828. The Kier molecular flexibility index (Phi) is 2.49. The van der Waals surface area contributed by atoms with Crippen molar-refractivity contribution in [3.8, 4) is 0 Å². The summed E-state index contributed by atoms with van der Waals surface area (Å²) in [5.74, 6) is 0.939. The molecule has 1 aromatic carbocycles. The van der Waals surface area contributed by atoms with Crippen molar-refractivity contribution in [3.63, 3.8) is 0 Å². The average molecular weight is 239 g/mol. The molecular formula is C11H11BrO. The first-order chi connectivity index (χ1) is 6.27. The summed E-state index contributed by atoms with van der Waals surface area (Å²) in [5, 5.41) is 0. The van der Waals surface area contributed by atoms with Crippen LogP contribution in [0.15, 0.2) is 28.7 Å². The summed E-state index contributed by atoms with van der Waals surface area (Å²) in [4.78, 5) is 11.7. The highest BCUT2D eigenvalue weighted by molar-refractivity contribution is 9.10. The van der Waals surface area contributed by atoms with Gasteiger partial charge in [0, 0.05) is 16.5 Å². The molecule has 1 aliphatic rings. The van der Waals surface area contributed by atoms with E-state index in [4.69, 9.17) is 0 Å². The van der Waals surface area contributed by atoms with E-state index in [0.29, 0.717) is 5.92 Å². The number of benzene rings is 1. The Morgan fingerprint density at radius 3 is 2.69 bits per heavy atom. The van der Waals surface area contributed by atoms with Gasteiger partial charge in [-0.05, 0) is 24.8 Å². The topological polar surface area (TPSA) is 17.1 Å². The first kappa shape index (κ1) is 8.95. The van der Waals surface area contributed by atoms with Gasteiger partial charge in [0.1, 0.15) is 0 Å². The van der Waals surface area contributed by atoms with Crippen LogP contribution < -0.4 is 0 Å². The Balaban J connectivity index is 2.13. The number of halogens is 1. The molecule has 2 rings (SSSR count). The maximum absolute atomic E-state index is 11.7. The van der Waals surface area contributed by atoms with Crippen LogP contribution >= 0.6 is 15.9 Å². The van der Waals surface area contributed by atoms with E-state index >= 15 is 0 Å². The lowest BCUT2D eigenvalue weighted by molar-refractivity contribution is 0.0975. The van der Waals surface area contributed by atoms with Crippen molar-refractivity contribution >= 4 is 21.7 Å². The van der Waals surface area contributed by atoms with Crippen molar-refractivity contribution in [1.29, 1.82) is 0 Å². The maximum atomic E-state index is 11.7. The van der Waals surface area contributed by atoms with Gasteiger partial charge in [0.15, 0.2) is 5.78 Å². The molecule has 1 saturated carbocycles. The molecule has 0 aliphatic heterocycles. The van der Waals surface area contributed by atoms with E-state index in [1.165, 1.54) is 12.8 Å². The van der Waals surface area contributed by atoms with E-state index in [9.17, 15) is 4.79 Å². The Labute approximate surface area is 86.3 Å². The Bertz CT molecular complexity index is 329. The van der Waals surface area contributed by atoms with E-state index in [1.807, 2.05) is 24.3 Å². The van der Waals surface area contributed by atoms with Crippen LogP contribution in [-0.4, -0.2) is 5.78 Å². The normalized spacial score (nSPS) is 15.8. The number of hydrogen-bond donors (Lipinski definition) is 0. The third-order valence-electron chi connectivity index (χ3n) is 2.35. The smallest absolute Gasteiger partial charge is 0.164 e. The monoisotopic (exact) mass is 238 g/mol. The molecule has 2 heteroatoms. The van der Waals surface area contributed by atoms with Gasteiger partial charge in [0.25, 0.3) is 0 Å². The van der Waals surface area contributed by atoms with Crippen molar-refractivity contribution in [3.05, 3.63) is 34.3 Å². The number of rotatable bonds is 3. The van der Waals surface area contributed by atoms with Crippen molar-refractivity contribution in [2.75, 3.05) is 0 Å². The highest BCUT2D eigenvalue weighted by Gasteiger charge is 2.25. The molecule has 0 spiro atoms. The predicted molar refractivity (Wildman–Crippen MR) is 55.8 cm³/mol. The lowest BCUT2D eigenvalue weighted by Gasteiger charge is -2.01. The zero-order valence-corrected chi connectivity index (χ0v) is 8.88. The fourth-order valence-corrected chi connectivity index (χ4v) is 1.89. The van der Waals surface area contributed by atoms with Crippen LogP contribution in [0.4, 0.5) is 0 Å². The van der Waals surface area contributed by atoms with Gasteiger partial charge in [-0.15, -0.1) is 0 Å². The Morgan fingerprint density at radius 1 is 1.38 bits per heavy atom. The highest BCUT2D eigenvalue weighted by atomic mass is 79.9. The standard InChI is InChI=1S/C11H11BrO/c12-10-4-2-1-3-9(10)11(13)7-8-5-6-8/h1-4,8H,5-7H2. The first-order valence-corrected chi connectivity index (χ1v) is 5.34. The van der Waals surface area contributed by atoms with Gasteiger partial charge in [0.05, 0.1) is 0 Å². The van der Waals surface area contributed by atoms with Crippen molar-refractivity contribution in [2.45, 2.75) is 19.3 Å². The van der Waals surface area contributed by atoms with E-state index < -0.39 is 0 Å². The summed E-state index contributed by atoms with van der Waals surface area (Å²) in [7, 11) is 0. The lowest BCUT2D eigenvalue weighted by atomic mass is 10.1. The molecule has 0 amide bonds. The summed E-state index contributed by atoms with van der Waals surface area (Å²) >= 11 is 3.39. The van der Waals surface area contributed by atoms with Crippen LogP contribution in [0.5, 0.6) is 0 Å². The maximum Gasteiger partial charge on any atom is 0.164 e. The fourth-order valence-electron chi connectivity index (χ4n) is 1.38. The van der Waals surface area contributed by atoms with Gasteiger partial charge in [-0.1, -0.05) is 34.1 Å². The molecule has 0 heterocycles. The molecular weight excluding hydrogens is 228 g/mol. The molecule has 0 N–H and O–H groups in total. The molecule has 0 bridgehead atoms. The minimum atomic E-state index is 0.273. The average Bonchev–Trinajstić information content (AvgIpc) is 2.89. The van der Waals surface area contributed by atoms with E-state index in [-0.39, 0.29) is 5.78 Å². The number of hydrogen-bond acceptors (Lipinski definition) is 1. The number of Topliss-reactive ketones (excluding diaryl/α,β-unsaturated/α-hetero) is 1. The van der Waals surface area contributed by atoms with Gasteiger partial charge in [-0.2, -0.15) is 0 Å². The Hall–Kier alpha value is -0.630. The summed E-state index contributed by atoms with van der Waals surface area (Å²) < 4.78 is 0.917. The van der Waals surface area contributed by atoms with Gasteiger partial charge < -0.3 is 0 Å². The number of carbonyl (C=O) groups is 1. The van der Waals surface area contributed by atoms with Crippen molar-refractivity contribution in [1.82, 2.24) is 0 Å². The van der Waals surface area contributed by atoms with Crippen LogP contribution in [0.2, 0.25) is 0 Å². The molecule has 0 saturated heterocycles. The minimum absolute atomic E-state index is 0.273. The zero-order valence-electron chi connectivity index (χ0n) is 7.29. The van der Waals surface area contributed by atoms with Crippen molar-refractivity contribution in [2.24, 2.45) is 5.92 Å². The van der Waals surface area contributed by atoms with E-state index in [1.54, 1.807) is 0 Å². The highest BCUT2D eigenvalue weighted by Crippen LogP contribution is 2.34. The molecule has 1 nitrogen and oxygen atoms in total. The second-order valence-corrected chi connectivity index (χ2v) is 4.40. The third-order valence-corrected chi connectivity index (χ3v) is 3.04. The van der Waals surface area contributed by atoms with Gasteiger partial charge >= 0.3 is 0 Å². The summed E-state index contributed by atoms with van der Waals surface area (Å²) in [6, 6.07) is 7.64. The molecule has 0 aromatic heterocycles. The Morgan fingerprint density at radius 2 is 2.08 bits per heavy atom. The lowest BCUT2D eigenvalue weighted by Crippen LogP contribution is -2.00. The second-order valence-electron chi connectivity index (χ2n) is 3.55. The fraction of sp³-hybridized carbons (Fsp3) is 0.364. The molecule has 68 valence electrons. The first-order valence-electron chi connectivity index (χ1n) is 4.55. The molecule has 1 aliphatic carbocycles. The van der Waals surface area contributed by atoms with Crippen molar-refractivity contribution < 1.29 is 4.79 Å². The minimum Gasteiger partial charge on any atom is -0.294 e. The third kappa shape index (κ3) is 2.19.